The van der Waals surface area contributed by atoms with Crippen LogP contribution < -0.4 is 10.2 Å². The van der Waals surface area contributed by atoms with Gasteiger partial charge in [-0.1, -0.05) is 6.07 Å². The van der Waals surface area contributed by atoms with E-state index in [2.05, 4.69) is 4.98 Å². The van der Waals surface area contributed by atoms with E-state index < -0.39 is 0 Å². The van der Waals surface area contributed by atoms with Crippen LogP contribution in [-0.4, -0.2) is 11.6 Å². The van der Waals surface area contributed by atoms with Crippen LogP contribution in [0.1, 0.15) is 6.92 Å². The molecule has 3 nitrogen and oxygen atoms in total. The zero-order chi connectivity index (χ0) is 10.8. The lowest BCUT2D eigenvalue weighted by atomic mass is 10.2. The number of hydrogen-bond acceptors (Lipinski definition) is 2. The molecule has 2 rings (SSSR count). The SMILES string of the molecule is CCOc1cccc2c(=O)c(I)c[nH]c12. The van der Waals surface area contributed by atoms with E-state index in [4.69, 9.17) is 4.74 Å². The van der Waals surface area contributed by atoms with Gasteiger partial charge in [0, 0.05) is 6.20 Å². The van der Waals surface area contributed by atoms with Gasteiger partial charge in [0.2, 0.25) is 5.43 Å². The zero-order valence-corrected chi connectivity index (χ0v) is 10.4. The molecule has 0 aliphatic carbocycles. The molecule has 0 aliphatic rings. The van der Waals surface area contributed by atoms with E-state index in [1.807, 2.05) is 41.6 Å². The lowest BCUT2D eigenvalue weighted by Crippen LogP contribution is -2.07. The Balaban J connectivity index is 2.77. The van der Waals surface area contributed by atoms with E-state index >= 15 is 0 Å². The van der Waals surface area contributed by atoms with Crippen LogP contribution in [0.3, 0.4) is 0 Å². The molecule has 0 atom stereocenters. The standard InChI is InChI=1S/C11H10INO2/c1-2-15-9-5-3-4-7-10(9)13-6-8(12)11(7)14/h3-6H,2H2,1H3,(H,13,14). The molecule has 1 N–H and O–H groups in total. The topological polar surface area (TPSA) is 42.1 Å². The van der Waals surface area contributed by atoms with Crippen LogP contribution in [0.2, 0.25) is 0 Å². The van der Waals surface area contributed by atoms with Crippen molar-refractivity contribution >= 4 is 33.5 Å². The Morgan fingerprint density at radius 2 is 2.27 bits per heavy atom. The highest BCUT2D eigenvalue weighted by atomic mass is 127. The van der Waals surface area contributed by atoms with E-state index in [0.717, 1.165) is 11.3 Å². The largest absolute Gasteiger partial charge is 0.492 e. The van der Waals surface area contributed by atoms with Gasteiger partial charge in [0.25, 0.3) is 0 Å². The summed E-state index contributed by atoms with van der Waals surface area (Å²) in [7, 11) is 0. The molecule has 1 aromatic heterocycles. The van der Waals surface area contributed by atoms with Crippen molar-refractivity contribution in [2.24, 2.45) is 0 Å². The van der Waals surface area contributed by atoms with E-state index in [1.165, 1.54) is 0 Å². The molecule has 78 valence electrons. The third-order valence-corrected chi connectivity index (χ3v) is 2.93. The van der Waals surface area contributed by atoms with Crippen LogP contribution in [0.15, 0.2) is 29.2 Å². The fourth-order valence-electron chi connectivity index (χ4n) is 1.47. The van der Waals surface area contributed by atoms with E-state index in [1.54, 1.807) is 12.3 Å². The number of aromatic amines is 1. The van der Waals surface area contributed by atoms with Crippen molar-refractivity contribution in [2.45, 2.75) is 6.92 Å². The molecule has 15 heavy (non-hydrogen) atoms. The number of hydrogen-bond donors (Lipinski definition) is 1. The average Bonchev–Trinajstić information content (AvgIpc) is 2.25. The number of nitrogens with one attached hydrogen (secondary N) is 1. The van der Waals surface area contributed by atoms with Gasteiger partial charge in [-0.25, -0.2) is 0 Å². The predicted molar refractivity (Wildman–Crippen MR) is 68.5 cm³/mol. The zero-order valence-electron chi connectivity index (χ0n) is 8.21. The third kappa shape index (κ3) is 1.86. The van der Waals surface area contributed by atoms with E-state index in [-0.39, 0.29) is 5.43 Å². The molecular formula is C11H10INO2. The van der Waals surface area contributed by atoms with Gasteiger partial charge in [0.05, 0.1) is 21.1 Å². The quantitative estimate of drug-likeness (QED) is 0.866. The van der Waals surface area contributed by atoms with Crippen LogP contribution in [0.4, 0.5) is 0 Å². The van der Waals surface area contributed by atoms with Crippen molar-refractivity contribution in [2.75, 3.05) is 6.61 Å². The maximum Gasteiger partial charge on any atom is 0.202 e. The van der Waals surface area contributed by atoms with Crippen LogP contribution >= 0.6 is 22.6 Å². The molecule has 0 spiro atoms. The summed E-state index contributed by atoms with van der Waals surface area (Å²) in [6.45, 7) is 2.51. The van der Waals surface area contributed by atoms with Crippen molar-refractivity contribution < 1.29 is 4.74 Å². The van der Waals surface area contributed by atoms with Gasteiger partial charge in [-0.3, -0.25) is 4.79 Å². The fraction of sp³-hybridized carbons (Fsp3) is 0.182. The normalized spacial score (nSPS) is 10.5. The Bertz CT molecular complexity index is 548. The first kappa shape index (κ1) is 10.5. The molecule has 0 saturated carbocycles. The highest BCUT2D eigenvalue weighted by Crippen LogP contribution is 2.21. The minimum atomic E-state index is 0.0471. The van der Waals surface area contributed by atoms with Gasteiger partial charge >= 0.3 is 0 Å². The number of benzene rings is 1. The minimum absolute atomic E-state index is 0.0471. The molecule has 1 heterocycles. The maximum absolute atomic E-state index is 11.8. The molecule has 0 saturated heterocycles. The highest BCUT2D eigenvalue weighted by Gasteiger charge is 2.06. The van der Waals surface area contributed by atoms with Crippen LogP contribution in [-0.2, 0) is 0 Å². The summed E-state index contributed by atoms with van der Waals surface area (Å²) in [4.78, 5) is 14.9. The molecule has 1 aromatic carbocycles. The Hall–Kier alpha value is -1.04. The molecule has 4 heteroatoms. The number of rotatable bonds is 2. The first-order valence-corrected chi connectivity index (χ1v) is 5.74. The number of fused-ring (bicyclic) bond motifs is 1. The fourth-order valence-corrected chi connectivity index (χ4v) is 1.92. The van der Waals surface area contributed by atoms with Crippen LogP contribution in [0, 0.1) is 3.57 Å². The van der Waals surface area contributed by atoms with Crippen LogP contribution in [0.5, 0.6) is 5.75 Å². The molecule has 0 fully saturated rings. The number of halogens is 1. The summed E-state index contributed by atoms with van der Waals surface area (Å²) < 4.78 is 6.13. The Morgan fingerprint density at radius 3 is 3.00 bits per heavy atom. The molecule has 0 aliphatic heterocycles. The molecule has 0 radical (unpaired) electrons. The van der Waals surface area contributed by atoms with Crippen molar-refractivity contribution in [3.8, 4) is 5.75 Å². The molecule has 2 aromatic rings. The smallest absolute Gasteiger partial charge is 0.202 e. The third-order valence-electron chi connectivity index (χ3n) is 2.13. The van der Waals surface area contributed by atoms with Gasteiger partial charge in [0.15, 0.2) is 0 Å². The first-order valence-electron chi connectivity index (χ1n) is 4.66. The van der Waals surface area contributed by atoms with Gasteiger partial charge < -0.3 is 9.72 Å². The summed E-state index contributed by atoms with van der Waals surface area (Å²) in [6.07, 6.45) is 1.70. The van der Waals surface area contributed by atoms with Gasteiger partial charge in [-0.05, 0) is 41.6 Å². The first-order chi connectivity index (χ1) is 7.24. The van der Waals surface area contributed by atoms with Crippen molar-refractivity contribution in [1.82, 2.24) is 4.98 Å². The maximum atomic E-state index is 11.8. The van der Waals surface area contributed by atoms with E-state index in [0.29, 0.717) is 15.6 Å². The second-order valence-corrected chi connectivity index (χ2v) is 4.24. The predicted octanol–water partition coefficient (Wildman–Crippen LogP) is 2.53. The number of aromatic nitrogens is 1. The van der Waals surface area contributed by atoms with Crippen molar-refractivity contribution in [1.29, 1.82) is 0 Å². The number of H-pyrrole nitrogens is 1. The summed E-state index contributed by atoms with van der Waals surface area (Å²) in [5, 5.41) is 0.674. The Kier molecular flexibility index (Phi) is 2.95. The lowest BCUT2D eigenvalue weighted by Gasteiger charge is -2.06. The highest BCUT2D eigenvalue weighted by molar-refractivity contribution is 14.1. The van der Waals surface area contributed by atoms with Gasteiger partial charge in [0.1, 0.15) is 5.75 Å². The lowest BCUT2D eigenvalue weighted by molar-refractivity contribution is 0.343. The monoisotopic (exact) mass is 315 g/mol. The van der Waals surface area contributed by atoms with Crippen molar-refractivity contribution in [3.05, 3.63) is 38.2 Å². The Labute approximate surface area is 101 Å². The molecule has 0 unspecified atom stereocenters. The summed E-state index contributed by atoms with van der Waals surface area (Å²) >= 11 is 2.02. The Morgan fingerprint density at radius 1 is 1.47 bits per heavy atom. The second kappa shape index (κ2) is 4.22. The van der Waals surface area contributed by atoms with Gasteiger partial charge in [-0.15, -0.1) is 0 Å². The summed E-state index contributed by atoms with van der Waals surface area (Å²) in [6, 6.07) is 5.49. The summed E-state index contributed by atoms with van der Waals surface area (Å²) in [5.41, 5.74) is 0.815. The average molecular weight is 315 g/mol. The minimum Gasteiger partial charge on any atom is -0.492 e. The number of ether oxygens (including phenoxy) is 1. The van der Waals surface area contributed by atoms with Crippen molar-refractivity contribution in [3.63, 3.8) is 0 Å². The molecule has 0 amide bonds. The molecular weight excluding hydrogens is 305 g/mol. The summed E-state index contributed by atoms with van der Waals surface area (Å²) in [5.74, 6) is 0.725. The number of para-hydroxylation sites is 1. The number of pyridine rings is 1. The second-order valence-electron chi connectivity index (χ2n) is 3.08. The van der Waals surface area contributed by atoms with Gasteiger partial charge in [-0.2, -0.15) is 0 Å². The van der Waals surface area contributed by atoms with E-state index in [9.17, 15) is 4.79 Å². The van der Waals surface area contributed by atoms with Crippen LogP contribution in [0.25, 0.3) is 10.9 Å². The molecule has 0 bridgehead atoms.